The molecule has 170 valence electrons. The van der Waals surface area contributed by atoms with Crippen LogP contribution in [0.25, 0.3) is 16.8 Å². The molecule has 0 unspecified atom stereocenters. The maximum absolute atomic E-state index is 13.1. The van der Waals surface area contributed by atoms with Crippen molar-refractivity contribution in [1.82, 2.24) is 25.2 Å². The van der Waals surface area contributed by atoms with E-state index < -0.39 is 0 Å². The Bertz CT molecular complexity index is 1230. The molecule has 4 aromatic rings. The topological polar surface area (TPSA) is 104 Å². The van der Waals surface area contributed by atoms with Crippen LogP contribution >= 0.6 is 0 Å². The van der Waals surface area contributed by atoms with Gasteiger partial charge in [0, 0.05) is 24.7 Å². The Labute approximate surface area is 191 Å². The van der Waals surface area contributed by atoms with E-state index in [1.807, 2.05) is 54.7 Å². The Morgan fingerprint density at radius 2 is 1.88 bits per heavy atom. The molecular formula is C24H25N5O4. The molecule has 9 heteroatoms. The molecule has 1 N–H and O–H groups in total. The molecule has 2 aromatic heterocycles. The second-order valence-electron chi connectivity index (χ2n) is 7.34. The Morgan fingerprint density at radius 3 is 2.58 bits per heavy atom. The number of nitrogens with zero attached hydrogens (tertiary/aromatic N) is 4. The number of hydrogen-bond acceptors (Lipinski definition) is 7. The minimum atomic E-state index is -0.267. The summed E-state index contributed by atoms with van der Waals surface area (Å²) in [5.41, 5.74) is 2.65. The second-order valence-corrected chi connectivity index (χ2v) is 7.34. The zero-order valence-electron chi connectivity index (χ0n) is 18.7. The monoisotopic (exact) mass is 447 g/mol. The second kappa shape index (κ2) is 9.99. The maximum Gasteiger partial charge on any atom is 0.272 e. The van der Waals surface area contributed by atoms with Crippen LogP contribution in [-0.4, -0.2) is 46.6 Å². The molecule has 33 heavy (non-hydrogen) atoms. The molecule has 0 aliphatic rings. The lowest BCUT2D eigenvalue weighted by molar-refractivity contribution is 0.0948. The number of nitrogens with one attached hydrogen (secondary N) is 1. The van der Waals surface area contributed by atoms with Crippen molar-refractivity contribution in [2.75, 3.05) is 20.8 Å². The minimum Gasteiger partial charge on any atom is -0.493 e. The average molecular weight is 447 g/mol. The summed E-state index contributed by atoms with van der Waals surface area (Å²) >= 11 is 0. The molecule has 0 saturated heterocycles. The predicted molar refractivity (Wildman–Crippen MR) is 122 cm³/mol. The quantitative estimate of drug-likeness (QED) is 0.391. The number of para-hydroxylation sites is 1. The van der Waals surface area contributed by atoms with E-state index >= 15 is 0 Å². The first-order valence-electron chi connectivity index (χ1n) is 10.5. The molecule has 0 aliphatic heterocycles. The lowest BCUT2D eigenvalue weighted by atomic mass is 10.1. The largest absolute Gasteiger partial charge is 0.493 e. The highest BCUT2D eigenvalue weighted by molar-refractivity contribution is 5.99. The van der Waals surface area contributed by atoms with Crippen LogP contribution in [0.5, 0.6) is 11.5 Å². The lowest BCUT2D eigenvalue weighted by Gasteiger charge is -2.09. The fourth-order valence-electron chi connectivity index (χ4n) is 3.44. The summed E-state index contributed by atoms with van der Waals surface area (Å²) in [6, 6.07) is 15.2. The van der Waals surface area contributed by atoms with Gasteiger partial charge in [-0.15, -0.1) is 0 Å². The van der Waals surface area contributed by atoms with Gasteiger partial charge in [0.15, 0.2) is 23.0 Å². The fraction of sp³-hybridized carbons (Fsp3) is 0.250. The SMILES string of the molecule is COc1ccc(-c2cn(-c3ccccc3)nc2C(=O)NCCCc2nc(C)no2)cc1OC. The van der Waals surface area contributed by atoms with Crippen molar-refractivity contribution in [3.63, 3.8) is 0 Å². The minimum absolute atomic E-state index is 0.267. The van der Waals surface area contributed by atoms with Gasteiger partial charge in [-0.3, -0.25) is 4.79 Å². The van der Waals surface area contributed by atoms with Crippen LogP contribution < -0.4 is 14.8 Å². The van der Waals surface area contributed by atoms with Crippen LogP contribution in [-0.2, 0) is 6.42 Å². The highest BCUT2D eigenvalue weighted by Gasteiger charge is 2.20. The summed E-state index contributed by atoms with van der Waals surface area (Å²) in [4.78, 5) is 17.3. The van der Waals surface area contributed by atoms with Crippen molar-refractivity contribution in [1.29, 1.82) is 0 Å². The van der Waals surface area contributed by atoms with Crippen LogP contribution in [0.15, 0.2) is 59.3 Å². The van der Waals surface area contributed by atoms with E-state index in [9.17, 15) is 4.79 Å². The van der Waals surface area contributed by atoms with Gasteiger partial charge in [-0.1, -0.05) is 29.4 Å². The van der Waals surface area contributed by atoms with Crippen LogP contribution in [0.4, 0.5) is 0 Å². The molecule has 0 aliphatic carbocycles. The molecular weight excluding hydrogens is 422 g/mol. The van der Waals surface area contributed by atoms with Crippen LogP contribution in [0.2, 0.25) is 0 Å². The summed E-state index contributed by atoms with van der Waals surface area (Å²) in [5, 5.41) is 11.3. The first kappa shape index (κ1) is 22.1. The molecule has 4 rings (SSSR count). The van der Waals surface area contributed by atoms with Gasteiger partial charge in [0.25, 0.3) is 5.91 Å². The molecule has 1 amide bonds. The van der Waals surface area contributed by atoms with Gasteiger partial charge in [-0.2, -0.15) is 10.1 Å². The number of rotatable bonds is 9. The number of carbonyl (C=O) groups excluding carboxylic acids is 1. The van der Waals surface area contributed by atoms with Gasteiger partial charge in [0.1, 0.15) is 0 Å². The van der Waals surface area contributed by atoms with E-state index in [2.05, 4.69) is 20.6 Å². The zero-order valence-corrected chi connectivity index (χ0v) is 18.7. The molecule has 0 radical (unpaired) electrons. The van der Waals surface area contributed by atoms with Gasteiger partial charge in [-0.05, 0) is 43.2 Å². The van der Waals surface area contributed by atoms with Crippen molar-refractivity contribution < 1.29 is 18.8 Å². The van der Waals surface area contributed by atoms with Gasteiger partial charge >= 0.3 is 0 Å². The summed E-state index contributed by atoms with van der Waals surface area (Å²) in [6.45, 7) is 2.22. The number of aromatic nitrogens is 4. The Morgan fingerprint density at radius 1 is 1.09 bits per heavy atom. The highest BCUT2D eigenvalue weighted by Crippen LogP contribution is 2.34. The van der Waals surface area contributed by atoms with Crippen LogP contribution in [0.1, 0.15) is 28.6 Å². The summed E-state index contributed by atoms with van der Waals surface area (Å²) in [6.07, 6.45) is 3.09. The fourth-order valence-corrected chi connectivity index (χ4v) is 3.44. The molecule has 9 nitrogen and oxygen atoms in total. The number of hydrogen-bond donors (Lipinski definition) is 1. The molecule has 0 atom stereocenters. The van der Waals surface area contributed by atoms with Crippen molar-refractivity contribution in [3.05, 3.63) is 72.1 Å². The van der Waals surface area contributed by atoms with Crippen molar-refractivity contribution in [3.8, 4) is 28.3 Å². The van der Waals surface area contributed by atoms with Gasteiger partial charge in [0.05, 0.1) is 19.9 Å². The standard InChI is InChI=1S/C24H25N5O4/c1-16-26-22(33-28-16)10-7-13-25-24(30)23-19(15-29(27-23)18-8-5-4-6-9-18)17-11-12-20(31-2)21(14-17)32-3/h4-6,8-9,11-12,14-15H,7,10,13H2,1-3H3,(H,25,30). The van der Waals surface area contributed by atoms with E-state index in [-0.39, 0.29) is 5.91 Å². The Hall–Kier alpha value is -4.14. The first-order valence-corrected chi connectivity index (χ1v) is 10.5. The lowest BCUT2D eigenvalue weighted by Crippen LogP contribution is -2.26. The molecule has 2 heterocycles. The maximum atomic E-state index is 13.1. The zero-order chi connectivity index (χ0) is 23.2. The van der Waals surface area contributed by atoms with E-state index in [0.717, 1.165) is 11.3 Å². The highest BCUT2D eigenvalue weighted by atomic mass is 16.5. The number of benzene rings is 2. The van der Waals surface area contributed by atoms with Crippen molar-refractivity contribution in [2.45, 2.75) is 19.8 Å². The van der Waals surface area contributed by atoms with Crippen molar-refractivity contribution >= 4 is 5.91 Å². The van der Waals surface area contributed by atoms with E-state index in [1.54, 1.807) is 25.8 Å². The summed E-state index contributed by atoms with van der Waals surface area (Å²) in [5.74, 6) is 2.07. The predicted octanol–water partition coefficient (Wildman–Crippen LogP) is 3.61. The number of methoxy groups -OCH3 is 2. The Balaban J connectivity index is 1.59. The number of amides is 1. The third-order valence-electron chi connectivity index (χ3n) is 5.07. The smallest absolute Gasteiger partial charge is 0.272 e. The first-order chi connectivity index (χ1) is 16.1. The normalized spacial score (nSPS) is 10.8. The van der Waals surface area contributed by atoms with Gasteiger partial charge in [0.2, 0.25) is 5.89 Å². The van der Waals surface area contributed by atoms with E-state index in [4.69, 9.17) is 14.0 Å². The third-order valence-corrected chi connectivity index (χ3v) is 5.07. The summed E-state index contributed by atoms with van der Waals surface area (Å²) < 4.78 is 17.6. The van der Waals surface area contributed by atoms with E-state index in [0.29, 0.717) is 53.9 Å². The molecule has 0 saturated carbocycles. The van der Waals surface area contributed by atoms with E-state index in [1.165, 1.54) is 0 Å². The Kier molecular flexibility index (Phi) is 6.68. The number of aryl methyl sites for hydroxylation is 2. The van der Waals surface area contributed by atoms with Gasteiger partial charge in [-0.25, -0.2) is 4.68 Å². The number of carbonyl (C=O) groups is 1. The average Bonchev–Trinajstić information content (AvgIpc) is 3.48. The molecule has 2 aromatic carbocycles. The van der Waals surface area contributed by atoms with Crippen LogP contribution in [0, 0.1) is 6.92 Å². The molecule has 0 spiro atoms. The van der Waals surface area contributed by atoms with Crippen LogP contribution in [0.3, 0.4) is 0 Å². The molecule has 0 fully saturated rings. The summed E-state index contributed by atoms with van der Waals surface area (Å²) in [7, 11) is 3.16. The van der Waals surface area contributed by atoms with Gasteiger partial charge < -0.3 is 19.3 Å². The third kappa shape index (κ3) is 5.03. The molecule has 0 bridgehead atoms. The number of ether oxygens (including phenoxy) is 2. The van der Waals surface area contributed by atoms with Crippen molar-refractivity contribution in [2.24, 2.45) is 0 Å².